The van der Waals surface area contributed by atoms with E-state index in [1.165, 1.54) is 12.1 Å². The molecule has 8 heteroatoms. The van der Waals surface area contributed by atoms with E-state index >= 15 is 0 Å². The maximum Gasteiger partial charge on any atom is 0.335 e. The van der Waals surface area contributed by atoms with Crippen molar-refractivity contribution in [1.29, 1.82) is 0 Å². The van der Waals surface area contributed by atoms with Crippen molar-refractivity contribution >= 4 is 11.7 Å². The Hall–Kier alpha value is -3.75. The molecular formula is C25H24N2O6. The number of carboxylic acid groups (broad SMARTS) is 1. The number of fused-ring (bicyclic) bond motifs is 1. The van der Waals surface area contributed by atoms with Crippen LogP contribution in [0.25, 0.3) is 11.1 Å². The quantitative estimate of drug-likeness (QED) is 0.352. The summed E-state index contributed by atoms with van der Waals surface area (Å²) in [4.78, 5) is 21.5. The van der Waals surface area contributed by atoms with Crippen LogP contribution in [0.15, 0.2) is 66.7 Å². The summed E-state index contributed by atoms with van der Waals surface area (Å²) in [6, 6.07) is 18.8. The number of hydrogen-bond acceptors (Lipinski definition) is 6. The van der Waals surface area contributed by atoms with Gasteiger partial charge in [0.25, 0.3) is 5.69 Å². The summed E-state index contributed by atoms with van der Waals surface area (Å²) in [6.45, 7) is 0.809. The lowest BCUT2D eigenvalue weighted by molar-refractivity contribution is -0.385. The van der Waals surface area contributed by atoms with Gasteiger partial charge in [-0.15, -0.1) is 0 Å². The number of nitrogens with one attached hydrogen (secondary N) is 1. The topological polar surface area (TPSA) is 122 Å². The van der Waals surface area contributed by atoms with Crippen LogP contribution in [0.1, 0.15) is 34.0 Å². The van der Waals surface area contributed by atoms with Crippen LogP contribution in [0.4, 0.5) is 5.69 Å². The van der Waals surface area contributed by atoms with Gasteiger partial charge in [-0.2, -0.15) is 0 Å². The first-order valence-corrected chi connectivity index (χ1v) is 10.7. The van der Waals surface area contributed by atoms with Gasteiger partial charge in [-0.3, -0.25) is 10.1 Å². The third kappa shape index (κ3) is 5.36. The van der Waals surface area contributed by atoms with E-state index in [1.807, 2.05) is 12.1 Å². The third-order valence-electron chi connectivity index (χ3n) is 5.73. The van der Waals surface area contributed by atoms with E-state index < -0.39 is 17.0 Å². The number of aromatic carboxylic acids is 1. The number of non-ortho nitro benzene ring substituents is 1. The summed E-state index contributed by atoms with van der Waals surface area (Å²) in [5.74, 6) is -0.129. The second kappa shape index (κ2) is 9.81. The van der Waals surface area contributed by atoms with Gasteiger partial charge in [0.2, 0.25) is 0 Å². The molecule has 0 amide bonds. The van der Waals surface area contributed by atoms with Gasteiger partial charge in [0.1, 0.15) is 11.9 Å². The standard InChI is InChI=1S/C25H24N2O6/c28-23(19-2-1-3-21(13-19)27(31)32)15-26-14-22-10-8-20-12-18(9-11-24(20)33-22)16-4-6-17(7-5-16)25(29)30/h1-7,9,11-13,22-23,26,28H,8,10,14-15H2,(H,29,30). The number of carbonyl (C=O) groups is 1. The molecular weight excluding hydrogens is 424 g/mol. The molecule has 0 radical (unpaired) electrons. The number of nitrogens with zero attached hydrogens (tertiary/aromatic N) is 1. The molecule has 0 aromatic heterocycles. The van der Waals surface area contributed by atoms with Crippen molar-refractivity contribution in [1.82, 2.24) is 5.32 Å². The second-order valence-corrected chi connectivity index (χ2v) is 8.01. The highest BCUT2D eigenvalue weighted by Crippen LogP contribution is 2.32. The Kier molecular flexibility index (Phi) is 6.67. The molecule has 1 heterocycles. The molecule has 1 aliphatic rings. The van der Waals surface area contributed by atoms with Gasteiger partial charge in [-0.25, -0.2) is 4.79 Å². The van der Waals surface area contributed by atoms with Crippen molar-refractivity contribution in [2.75, 3.05) is 13.1 Å². The lowest BCUT2D eigenvalue weighted by Gasteiger charge is -2.27. The SMILES string of the molecule is O=C(O)c1ccc(-c2ccc3c(c2)CCC(CNCC(O)c2cccc([N+](=O)[O-])c2)O3)cc1. The number of hydrogen-bond donors (Lipinski definition) is 3. The number of carboxylic acids is 1. The van der Waals surface area contributed by atoms with Crippen molar-refractivity contribution in [3.05, 3.63) is 93.5 Å². The Morgan fingerprint density at radius 2 is 1.88 bits per heavy atom. The molecule has 2 unspecified atom stereocenters. The molecule has 0 fully saturated rings. The molecule has 0 aliphatic carbocycles. The van der Waals surface area contributed by atoms with Crippen LogP contribution in [-0.2, 0) is 6.42 Å². The molecule has 3 aromatic rings. The van der Waals surface area contributed by atoms with E-state index in [2.05, 4.69) is 11.4 Å². The average Bonchev–Trinajstić information content (AvgIpc) is 2.83. The first-order chi connectivity index (χ1) is 15.9. The molecule has 4 rings (SSSR count). The predicted molar refractivity (Wildman–Crippen MR) is 123 cm³/mol. The van der Waals surface area contributed by atoms with E-state index in [0.717, 1.165) is 35.3 Å². The average molecular weight is 448 g/mol. The first kappa shape index (κ1) is 22.4. The normalized spacial score (nSPS) is 15.8. The van der Waals surface area contributed by atoms with Gasteiger partial charge < -0.3 is 20.3 Å². The smallest absolute Gasteiger partial charge is 0.335 e. The van der Waals surface area contributed by atoms with Gasteiger partial charge in [0.15, 0.2) is 0 Å². The summed E-state index contributed by atoms with van der Waals surface area (Å²) in [5, 5.41) is 33.5. The first-order valence-electron chi connectivity index (χ1n) is 10.7. The fourth-order valence-corrected chi connectivity index (χ4v) is 3.92. The summed E-state index contributed by atoms with van der Waals surface area (Å²) < 4.78 is 6.10. The van der Waals surface area contributed by atoms with Crippen molar-refractivity contribution in [3.8, 4) is 16.9 Å². The molecule has 0 saturated carbocycles. The highest BCUT2D eigenvalue weighted by Gasteiger charge is 2.21. The maximum absolute atomic E-state index is 11.0. The number of aliphatic hydroxyl groups is 1. The van der Waals surface area contributed by atoms with Gasteiger partial charge >= 0.3 is 5.97 Å². The minimum absolute atomic E-state index is 0.0454. The van der Waals surface area contributed by atoms with Crippen molar-refractivity contribution in [2.45, 2.75) is 25.0 Å². The lowest BCUT2D eigenvalue weighted by Crippen LogP contribution is -2.36. The molecule has 170 valence electrons. The largest absolute Gasteiger partial charge is 0.489 e. The van der Waals surface area contributed by atoms with Crippen LogP contribution in [0.5, 0.6) is 5.75 Å². The van der Waals surface area contributed by atoms with Gasteiger partial charge in [0.05, 0.1) is 16.6 Å². The second-order valence-electron chi connectivity index (χ2n) is 8.01. The molecule has 2 atom stereocenters. The molecule has 0 spiro atoms. The lowest BCUT2D eigenvalue weighted by atomic mass is 9.96. The number of nitro groups is 1. The Bertz CT molecular complexity index is 1160. The monoisotopic (exact) mass is 448 g/mol. The van der Waals surface area contributed by atoms with E-state index in [4.69, 9.17) is 9.84 Å². The van der Waals surface area contributed by atoms with Crippen molar-refractivity contribution < 1.29 is 24.7 Å². The van der Waals surface area contributed by atoms with E-state index in [-0.39, 0.29) is 23.9 Å². The minimum atomic E-state index is -0.947. The Morgan fingerprint density at radius 1 is 1.12 bits per heavy atom. The molecule has 33 heavy (non-hydrogen) atoms. The highest BCUT2D eigenvalue weighted by atomic mass is 16.6. The molecule has 1 aliphatic heterocycles. The minimum Gasteiger partial charge on any atom is -0.489 e. The highest BCUT2D eigenvalue weighted by molar-refractivity contribution is 5.88. The van der Waals surface area contributed by atoms with E-state index in [9.17, 15) is 20.0 Å². The predicted octanol–water partition coefficient (Wildman–Crippen LogP) is 3.98. The fourth-order valence-electron chi connectivity index (χ4n) is 3.92. The van der Waals surface area contributed by atoms with Gasteiger partial charge in [-0.1, -0.05) is 30.3 Å². The van der Waals surface area contributed by atoms with Gasteiger partial charge in [-0.05, 0) is 59.4 Å². The van der Waals surface area contributed by atoms with Crippen molar-refractivity contribution in [2.24, 2.45) is 0 Å². The fraction of sp³-hybridized carbons (Fsp3) is 0.240. The number of nitro benzene ring substituents is 1. The number of benzene rings is 3. The molecule has 3 aromatic carbocycles. The van der Waals surface area contributed by atoms with Crippen LogP contribution in [0.3, 0.4) is 0 Å². The summed E-state index contributed by atoms with van der Waals surface area (Å²) in [6.07, 6.45) is 0.760. The van der Waals surface area contributed by atoms with Gasteiger partial charge in [0, 0.05) is 25.2 Å². The third-order valence-corrected chi connectivity index (χ3v) is 5.73. The van der Waals surface area contributed by atoms with Crippen LogP contribution >= 0.6 is 0 Å². The molecule has 8 nitrogen and oxygen atoms in total. The zero-order valence-electron chi connectivity index (χ0n) is 17.8. The number of aryl methyl sites for hydroxylation is 1. The van der Waals surface area contributed by atoms with Crippen LogP contribution in [-0.4, -0.2) is 40.3 Å². The zero-order valence-corrected chi connectivity index (χ0v) is 17.8. The number of ether oxygens (including phenoxy) is 1. The molecule has 3 N–H and O–H groups in total. The molecule has 0 saturated heterocycles. The van der Waals surface area contributed by atoms with Crippen LogP contribution < -0.4 is 10.1 Å². The maximum atomic E-state index is 11.0. The number of rotatable bonds is 8. The Morgan fingerprint density at radius 3 is 2.61 bits per heavy atom. The van der Waals surface area contributed by atoms with Crippen LogP contribution in [0, 0.1) is 10.1 Å². The van der Waals surface area contributed by atoms with Crippen LogP contribution in [0.2, 0.25) is 0 Å². The Labute approximate surface area is 190 Å². The summed E-state index contributed by atoms with van der Waals surface area (Å²) in [5.41, 5.74) is 3.76. The Balaban J connectivity index is 1.32. The van der Waals surface area contributed by atoms with Crippen molar-refractivity contribution in [3.63, 3.8) is 0 Å². The zero-order chi connectivity index (χ0) is 23.4. The van der Waals surface area contributed by atoms with E-state index in [1.54, 1.807) is 36.4 Å². The molecule has 0 bridgehead atoms. The summed E-state index contributed by atoms with van der Waals surface area (Å²) >= 11 is 0. The number of aliphatic hydroxyl groups excluding tert-OH is 1. The van der Waals surface area contributed by atoms with E-state index in [0.29, 0.717) is 12.1 Å². The summed E-state index contributed by atoms with van der Waals surface area (Å²) in [7, 11) is 0.